The average Bonchev–Trinajstić information content (AvgIpc) is 3.04. The molecule has 2 aliphatic rings. The molecule has 1 N–H and O–H groups in total. The van der Waals surface area contributed by atoms with Crippen molar-refractivity contribution in [2.75, 3.05) is 19.7 Å². The lowest BCUT2D eigenvalue weighted by molar-refractivity contribution is 0.0681. The fraction of sp³-hybridized carbons (Fsp3) is 0.588. The highest BCUT2D eigenvalue weighted by Gasteiger charge is 2.44. The molecule has 3 atom stereocenters. The Hall–Kier alpha value is -1.55. The number of rotatable bonds is 4. The van der Waals surface area contributed by atoms with Crippen molar-refractivity contribution in [1.29, 1.82) is 0 Å². The number of amides is 1. The lowest BCUT2D eigenvalue weighted by Crippen LogP contribution is -2.42. The van der Waals surface area contributed by atoms with E-state index in [1.54, 1.807) is 0 Å². The topological polar surface area (TPSA) is 41.6 Å². The number of nitrogens with zero attached hydrogens (tertiary/aromatic N) is 1. The van der Waals surface area contributed by atoms with Gasteiger partial charge in [-0.3, -0.25) is 4.79 Å². The first-order valence-electron chi connectivity index (χ1n) is 7.97. The molecule has 0 radical (unpaired) electrons. The molecule has 2 saturated heterocycles. The van der Waals surface area contributed by atoms with E-state index in [-0.39, 0.29) is 5.91 Å². The monoisotopic (exact) mass is 288 g/mol. The van der Waals surface area contributed by atoms with E-state index in [2.05, 4.69) is 24.1 Å². The van der Waals surface area contributed by atoms with Crippen LogP contribution >= 0.6 is 0 Å². The zero-order chi connectivity index (χ0) is 14.8. The number of nitrogens with one attached hydrogen (secondary N) is 1. The molecule has 4 nitrogen and oxygen atoms in total. The molecule has 0 saturated carbocycles. The molecule has 2 heterocycles. The van der Waals surface area contributed by atoms with Crippen LogP contribution in [0.15, 0.2) is 24.3 Å². The number of ether oxygens (including phenoxy) is 1. The van der Waals surface area contributed by atoms with Gasteiger partial charge in [0.2, 0.25) is 0 Å². The zero-order valence-electron chi connectivity index (χ0n) is 12.8. The molecule has 21 heavy (non-hydrogen) atoms. The number of fused-ring (bicyclic) bond motifs is 1. The van der Waals surface area contributed by atoms with Crippen molar-refractivity contribution in [2.24, 2.45) is 5.92 Å². The van der Waals surface area contributed by atoms with Crippen LogP contribution in [0.1, 0.15) is 37.0 Å². The van der Waals surface area contributed by atoms with E-state index in [0.717, 1.165) is 37.2 Å². The van der Waals surface area contributed by atoms with Crippen molar-refractivity contribution < 1.29 is 9.53 Å². The third-order valence-corrected chi connectivity index (χ3v) is 4.57. The average molecular weight is 288 g/mol. The first kappa shape index (κ1) is 14.4. The highest BCUT2D eigenvalue weighted by molar-refractivity contribution is 5.95. The van der Waals surface area contributed by atoms with Crippen LogP contribution in [-0.4, -0.2) is 42.6 Å². The van der Waals surface area contributed by atoms with Crippen molar-refractivity contribution in [1.82, 2.24) is 10.2 Å². The van der Waals surface area contributed by atoms with Gasteiger partial charge in [-0.2, -0.15) is 0 Å². The Bertz CT molecular complexity index is 517. The van der Waals surface area contributed by atoms with Gasteiger partial charge in [0.15, 0.2) is 0 Å². The van der Waals surface area contributed by atoms with Gasteiger partial charge in [0, 0.05) is 30.7 Å². The second-order valence-electron chi connectivity index (χ2n) is 6.16. The van der Waals surface area contributed by atoms with Gasteiger partial charge >= 0.3 is 0 Å². The van der Waals surface area contributed by atoms with Crippen LogP contribution in [-0.2, 0) is 0 Å². The summed E-state index contributed by atoms with van der Waals surface area (Å²) in [5.41, 5.74) is 0.739. The Kier molecular flexibility index (Phi) is 4.15. The van der Waals surface area contributed by atoms with Crippen molar-refractivity contribution in [3.63, 3.8) is 0 Å². The van der Waals surface area contributed by atoms with Crippen LogP contribution in [0.4, 0.5) is 0 Å². The molecule has 114 valence electrons. The zero-order valence-corrected chi connectivity index (χ0v) is 12.8. The Morgan fingerprint density at radius 2 is 2.29 bits per heavy atom. The summed E-state index contributed by atoms with van der Waals surface area (Å²) in [6, 6.07) is 8.27. The Morgan fingerprint density at radius 1 is 1.43 bits per heavy atom. The van der Waals surface area contributed by atoms with Gasteiger partial charge in [-0.05, 0) is 43.9 Å². The first-order valence-corrected chi connectivity index (χ1v) is 7.97. The number of carbonyl (C=O) groups excluding carboxylic acids is 1. The number of hydrogen-bond donors (Lipinski definition) is 1. The summed E-state index contributed by atoms with van der Waals surface area (Å²) < 4.78 is 5.64. The van der Waals surface area contributed by atoms with Crippen molar-refractivity contribution in [3.8, 4) is 5.75 Å². The van der Waals surface area contributed by atoms with E-state index in [4.69, 9.17) is 4.74 Å². The van der Waals surface area contributed by atoms with E-state index in [0.29, 0.717) is 24.6 Å². The summed E-state index contributed by atoms with van der Waals surface area (Å²) in [5.74, 6) is 1.54. The van der Waals surface area contributed by atoms with Crippen LogP contribution < -0.4 is 10.1 Å². The molecule has 0 bridgehead atoms. The Labute approximate surface area is 126 Å². The van der Waals surface area contributed by atoms with Crippen LogP contribution in [0, 0.1) is 5.92 Å². The maximum atomic E-state index is 12.9. The molecule has 2 fully saturated rings. The van der Waals surface area contributed by atoms with Crippen LogP contribution in [0.2, 0.25) is 0 Å². The number of benzene rings is 1. The first-order chi connectivity index (χ1) is 10.2. The van der Waals surface area contributed by atoms with E-state index in [1.165, 1.54) is 0 Å². The van der Waals surface area contributed by atoms with Gasteiger partial charge in [0.25, 0.3) is 5.91 Å². The maximum absolute atomic E-state index is 12.9. The number of hydrogen-bond acceptors (Lipinski definition) is 3. The molecule has 0 spiro atoms. The maximum Gasteiger partial charge on any atom is 0.254 e. The Morgan fingerprint density at radius 3 is 3.10 bits per heavy atom. The minimum absolute atomic E-state index is 0.139. The molecule has 1 aromatic rings. The summed E-state index contributed by atoms with van der Waals surface area (Å²) >= 11 is 0. The fourth-order valence-corrected chi connectivity index (χ4v) is 3.60. The van der Waals surface area contributed by atoms with Crippen molar-refractivity contribution in [2.45, 2.75) is 38.8 Å². The second kappa shape index (κ2) is 6.06. The molecular weight excluding hydrogens is 264 g/mol. The van der Waals surface area contributed by atoms with E-state index < -0.39 is 0 Å². The molecule has 1 amide bonds. The summed E-state index contributed by atoms with van der Waals surface area (Å²) in [7, 11) is 0. The molecule has 3 unspecified atom stereocenters. The summed E-state index contributed by atoms with van der Waals surface area (Å²) in [6.45, 7) is 6.89. The lowest BCUT2D eigenvalue weighted by atomic mass is 10.0. The van der Waals surface area contributed by atoms with Gasteiger partial charge in [-0.25, -0.2) is 0 Å². The lowest BCUT2D eigenvalue weighted by Gasteiger charge is -2.27. The molecule has 1 aromatic carbocycles. The molecule has 2 aliphatic heterocycles. The van der Waals surface area contributed by atoms with E-state index in [9.17, 15) is 4.79 Å². The summed E-state index contributed by atoms with van der Waals surface area (Å²) in [4.78, 5) is 14.9. The normalized spacial score (nSPS) is 27.7. The van der Waals surface area contributed by atoms with Crippen LogP contribution in [0.5, 0.6) is 5.75 Å². The largest absolute Gasteiger partial charge is 0.494 e. The predicted octanol–water partition coefficient (Wildman–Crippen LogP) is 2.30. The molecule has 3 rings (SSSR count). The highest BCUT2D eigenvalue weighted by Crippen LogP contribution is 2.33. The van der Waals surface area contributed by atoms with E-state index >= 15 is 0 Å². The molecule has 0 aliphatic carbocycles. The van der Waals surface area contributed by atoms with E-state index in [1.807, 2.05) is 24.3 Å². The third kappa shape index (κ3) is 2.77. The van der Waals surface area contributed by atoms with Crippen LogP contribution in [0.3, 0.4) is 0 Å². The highest BCUT2D eigenvalue weighted by atomic mass is 16.5. The Balaban J connectivity index is 1.78. The summed E-state index contributed by atoms with van der Waals surface area (Å²) in [5, 5.41) is 3.40. The van der Waals surface area contributed by atoms with Gasteiger partial charge in [0.05, 0.1) is 6.61 Å². The SMILES string of the molecule is CCCOc1cccc(C(=O)N2C(C)CC3CNCC32)c1. The fourth-order valence-electron chi connectivity index (χ4n) is 3.60. The molecular formula is C17H24N2O2. The van der Waals surface area contributed by atoms with Gasteiger partial charge in [0.1, 0.15) is 5.75 Å². The number of carbonyl (C=O) groups is 1. The number of likely N-dealkylation sites (tertiary alicyclic amines) is 1. The van der Waals surface area contributed by atoms with Crippen molar-refractivity contribution in [3.05, 3.63) is 29.8 Å². The van der Waals surface area contributed by atoms with Crippen LogP contribution in [0.25, 0.3) is 0 Å². The predicted molar refractivity (Wildman–Crippen MR) is 82.6 cm³/mol. The third-order valence-electron chi connectivity index (χ3n) is 4.57. The minimum Gasteiger partial charge on any atom is -0.494 e. The van der Waals surface area contributed by atoms with Gasteiger partial charge < -0.3 is 15.0 Å². The van der Waals surface area contributed by atoms with Crippen molar-refractivity contribution >= 4 is 5.91 Å². The quantitative estimate of drug-likeness (QED) is 0.924. The van der Waals surface area contributed by atoms with Gasteiger partial charge in [-0.15, -0.1) is 0 Å². The standard InChI is InChI=1S/C17H24N2O2/c1-3-7-21-15-6-4-5-13(9-15)17(20)19-12(2)8-14-10-18-11-16(14)19/h4-6,9,12,14,16,18H,3,7-8,10-11H2,1-2H3. The summed E-state index contributed by atoms with van der Waals surface area (Å²) in [6.07, 6.45) is 2.08. The van der Waals surface area contributed by atoms with Gasteiger partial charge in [-0.1, -0.05) is 13.0 Å². The molecule has 4 heteroatoms. The second-order valence-corrected chi connectivity index (χ2v) is 6.16. The molecule has 0 aromatic heterocycles. The smallest absolute Gasteiger partial charge is 0.254 e. The minimum atomic E-state index is 0.139.